The molecular weight excluding hydrogens is 376 g/mol. The Balaban J connectivity index is 1.87. The number of halogens is 5. The number of anilines is 1. The van der Waals surface area contributed by atoms with Crippen LogP contribution in [0.3, 0.4) is 0 Å². The number of alkyl halides is 4. The van der Waals surface area contributed by atoms with Gasteiger partial charge in [-0.05, 0) is 0 Å². The second-order valence-electron chi connectivity index (χ2n) is 6.10. The van der Waals surface area contributed by atoms with Crippen molar-refractivity contribution in [2.24, 2.45) is 0 Å². The molecule has 1 fully saturated rings. The highest BCUT2D eigenvalue weighted by Crippen LogP contribution is 2.36. The van der Waals surface area contributed by atoms with Crippen molar-refractivity contribution < 1.29 is 17.6 Å². The molecule has 0 unspecified atom stereocenters. The van der Waals surface area contributed by atoms with Crippen LogP contribution >= 0.6 is 11.6 Å². The summed E-state index contributed by atoms with van der Waals surface area (Å²) in [6.45, 7) is -0.282. The van der Waals surface area contributed by atoms with Crippen LogP contribution < -0.4 is 4.90 Å². The first-order valence-electron chi connectivity index (χ1n) is 7.53. The second-order valence-corrected chi connectivity index (χ2v) is 6.49. The largest absolute Gasteiger partial charge is 0.342 e. The van der Waals surface area contributed by atoms with Gasteiger partial charge in [0.05, 0.1) is 24.0 Å². The van der Waals surface area contributed by atoms with Crippen molar-refractivity contribution in [3.63, 3.8) is 0 Å². The lowest BCUT2D eigenvalue weighted by Gasteiger charge is -2.38. The Bertz CT molecular complexity index is 991. The Morgan fingerprint density at radius 2 is 1.96 bits per heavy atom. The number of aromatic nitrogens is 5. The van der Waals surface area contributed by atoms with Crippen molar-refractivity contribution in [1.29, 1.82) is 0 Å². The third kappa shape index (κ3) is 2.83. The fraction of sp³-hybridized carbons (Fsp3) is 0.333. The van der Waals surface area contributed by atoms with Crippen LogP contribution in [0.25, 0.3) is 16.7 Å². The topological polar surface area (TPSA) is 59.7 Å². The van der Waals surface area contributed by atoms with E-state index in [-0.39, 0.29) is 16.8 Å². The van der Waals surface area contributed by atoms with E-state index in [0.29, 0.717) is 17.8 Å². The number of nitrogens with zero attached hydrogens (tertiary/aromatic N) is 6. The molecule has 0 amide bonds. The Labute approximate surface area is 149 Å². The van der Waals surface area contributed by atoms with E-state index in [1.807, 2.05) is 0 Å². The average molecular weight is 387 g/mol. The average Bonchev–Trinajstić information content (AvgIpc) is 2.90. The SMILES string of the molecule is CC(F)(F)c1nccc(-n2nc(N3CC(F)(F)C3)c3cnc(Cl)cc32)n1. The Morgan fingerprint density at radius 3 is 2.62 bits per heavy atom. The summed E-state index contributed by atoms with van der Waals surface area (Å²) in [6.07, 6.45) is 2.59. The van der Waals surface area contributed by atoms with Crippen molar-refractivity contribution in [1.82, 2.24) is 24.7 Å². The molecule has 1 aliphatic rings. The van der Waals surface area contributed by atoms with Gasteiger partial charge in [-0.15, -0.1) is 5.10 Å². The van der Waals surface area contributed by atoms with Gasteiger partial charge in [0.1, 0.15) is 5.15 Å². The molecule has 4 heterocycles. The van der Waals surface area contributed by atoms with Crippen molar-refractivity contribution >= 4 is 28.3 Å². The van der Waals surface area contributed by atoms with E-state index in [4.69, 9.17) is 11.6 Å². The van der Waals surface area contributed by atoms with Gasteiger partial charge in [-0.3, -0.25) is 0 Å². The Hall–Kier alpha value is -2.49. The van der Waals surface area contributed by atoms with Crippen molar-refractivity contribution in [2.45, 2.75) is 18.8 Å². The zero-order chi connectivity index (χ0) is 18.7. The Kier molecular flexibility index (Phi) is 3.59. The second kappa shape index (κ2) is 5.50. The molecule has 3 aromatic rings. The normalized spacial score (nSPS) is 16.8. The lowest BCUT2D eigenvalue weighted by Crippen LogP contribution is -2.56. The van der Waals surface area contributed by atoms with Crippen LogP contribution in [0.5, 0.6) is 0 Å². The lowest BCUT2D eigenvalue weighted by molar-refractivity contribution is -0.0266. The maximum absolute atomic E-state index is 13.5. The van der Waals surface area contributed by atoms with E-state index < -0.39 is 30.8 Å². The quantitative estimate of drug-likeness (QED) is 0.510. The van der Waals surface area contributed by atoms with Crippen LogP contribution in [0.2, 0.25) is 5.15 Å². The van der Waals surface area contributed by atoms with E-state index in [2.05, 4.69) is 20.1 Å². The number of rotatable bonds is 3. The number of hydrogen-bond acceptors (Lipinski definition) is 5. The van der Waals surface area contributed by atoms with Gasteiger partial charge in [0.15, 0.2) is 11.6 Å². The summed E-state index contributed by atoms with van der Waals surface area (Å²) in [5.41, 5.74) is 0.416. The summed E-state index contributed by atoms with van der Waals surface area (Å²) in [4.78, 5) is 12.8. The third-order valence-electron chi connectivity index (χ3n) is 3.91. The Morgan fingerprint density at radius 1 is 1.23 bits per heavy atom. The zero-order valence-electron chi connectivity index (χ0n) is 13.3. The molecule has 0 N–H and O–H groups in total. The predicted molar refractivity (Wildman–Crippen MR) is 86.2 cm³/mol. The van der Waals surface area contributed by atoms with E-state index >= 15 is 0 Å². The summed E-state index contributed by atoms with van der Waals surface area (Å²) in [7, 11) is 0. The summed E-state index contributed by atoms with van der Waals surface area (Å²) in [5.74, 6) is -6.36. The van der Waals surface area contributed by atoms with Gasteiger partial charge in [0.2, 0.25) is 5.82 Å². The van der Waals surface area contributed by atoms with E-state index in [9.17, 15) is 17.6 Å². The fourth-order valence-corrected chi connectivity index (χ4v) is 2.87. The summed E-state index contributed by atoms with van der Waals surface area (Å²) < 4.78 is 54.8. The first kappa shape index (κ1) is 17.0. The first-order valence-corrected chi connectivity index (χ1v) is 7.91. The standard InChI is InChI=1S/C15H11ClF4N6/c1-14(17,18)13-21-3-2-11(23-13)26-9-4-10(16)22-5-8(9)12(24-26)25-6-15(19,20)7-25/h2-5H,6-7H2,1H3. The molecule has 26 heavy (non-hydrogen) atoms. The summed E-state index contributed by atoms with van der Waals surface area (Å²) in [6, 6.07) is 2.86. The molecule has 0 spiro atoms. The van der Waals surface area contributed by atoms with E-state index in [1.165, 1.54) is 34.1 Å². The van der Waals surface area contributed by atoms with Gasteiger partial charge in [-0.1, -0.05) is 11.6 Å². The van der Waals surface area contributed by atoms with Crippen molar-refractivity contribution in [3.8, 4) is 5.82 Å². The van der Waals surface area contributed by atoms with Crippen LogP contribution in [-0.2, 0) is 5.92 Å². The van der Waals surface area contributed by atoms with E-state index in [0.717, 1.165) is 0 Å². The van der Waals surface area contributed by atoms with Crippen LogP contribution in [-0.4, -0.2) is 43.7 Å². The number of pyridine rings is 1. The van der Waals surface area contributed by atoms with Gasteiger partial charge in [-0.2, -0.15) is 8.78 Å². The highest BCUT2D eigenvalue weighted by molar-refractivity contribution is 6.30. The number of fused-ring (bicyclic) bond motifs is 1. The molecule has 0 aromatic carbocycles. The molecule has 1 aliphatic heterocycles. The number of hydrogen-bond donors (Lipinski definition) is 0. The van der Waals surface area contributed by atoms with Gasteiger partial charge < -0.3 is 4.90 Å². The minimum Gasteiger partial charge on any atom is -0.342 e. The van der Waals surface area contributed by atoms with Crippen LogP contribution in [0.4, 0.5) is 23.4 Å². The monoisotopic (exact) mass is 386 g/mol. The summed E-state index contributed by atoms with van der Waals surface area (Å²) in [5, 5.41) is 4.90. The predicted octanol–water partition coefficient (Wildman–Crippen LogP) is 3.43. The fourth-order valence-electron chi connectivity index (χ4n) is 2.72. The van der Waals surface area contributed by atoms with Gasteiger partial charge >= 0.3 is 5.92 Å². The van der Waals surface area contributed by atoms with Crippen LogP contribution in [0.15, 0.2) is 24.5 Å². The molecule has 0 radical (unpaired) electrons. The molecule has 0 atom stereocenters. The molecule has 11 heteroatoms. The zero-order valence-corrected chi connectivity index (χ0v) is 14.1. The lowest BCUT2D eigenvalue weighted by atomic mass is 10.1. The highest BCUT2D eigenvalue weighted by Gasteiger charge is 2.45. The van der Waals surface area contributed by atoms with E-state index in [1.54, 1.807) is 0 Å². The molecule has 1 saturated heterocycles. The first-order chi connectivity index (χ1) is 12.1. The molecule has 0 bridgehead atoms. The minimum absolute atomic E-state index is 0.0716. The van der Waals surface area contributed by atoms with Gasteiger partial charge in [0.25, 0.3) is 5.92 Å². The van der Waals surface area contributed by atoms with Crippen LogP contribution in [0, 0.1) is 0 Å². The van der Waals surface area contributed by atoms with Gasteiger partial charge in [0, 0.05) is 31.5 Å². The van der Waals surface area contributed by atoms with Crippen LogP contribution in [0.1, 0.15) is 12.7 Å². The van der Waals surface area contributed by atoms with Gasteiger partial charge in [-0.25, -0.2) is 28.4 Å². The van der Waals surface area contributed by atoms with Crippen molar-refractivity contribution in [2.75, 3.05) is 18.0 Å². The molecule has 4 rings (SSSR count). The highest BCUT2D eigenvalue weighted by atomic mass is 35.5. The molecule has 0 saturated carbocycles. The molecule has 3 aromatic heterocycles. The molecule has 0 aliphatic carbocycles. The molecule has 6 nitrogen and oxygen atoms in total. The minimum atomic E-state index is -3.24. The summed E-state index contributed by atoms with van der Waals surface area (Å²) >= 11 is 5.93. The molecular formula is C15H11ClF4N6. The third-order valence-corrected chi connectivity index (χ3v) is 4.11. The maximum Gasteiger partial charge on any atom is 0.303 e. The molecule has 136 valence electrons. The maximum atomic E-state index is 13.5. The smallest absolute Gasteiger partial charge is 0.303 e. The van der Waals surface area contributed by atoms with Crippen molar-refractivity contribution in [3.05, 3.63) is 35.5 Å².